The smallest absolute Gasteiger partial charge is 0.141 e. The first kappa shape index (κ1) is 9.71. The van der Waals surface area contributed by atoms with E-state index in [0.29, 0.717) is 12.0 Å². The van der Waals surface area contributed by atoms with E-state index in [9.17, 15) is 0 Å². The van der Waals surface area contributed by atoms with Crippen molar-refractivity contribution < 1.29 is 4.52 Å². The molecule has 0 fully saturated rings. The number of aryl methyl sites for hydroxylation is 1. The number of rotatable bonds is 2. The van der Waals surface area contributed by atoms with Gasteiger partial charge in [0.15, 0.2) is 0 Å². The highest BCUT2D eigenvalue weighted by Gasteiger charge is 2.29. The van der Waals surface area contributed by atoms with Crippen LogP contribution in [0.1, 0.15) is 37.3 Å². The molecule has 0 spiro atoms. The highest BCUT2D eigenvalue weighted by molar-refractivity contribution is 5.27. The van der Waals surface area contributed by atoms with Crippen LogP contribution >= 0.6 is 0 Å². The molecule has 1 heterocycles. The van der Waals surface area contributed by atoms with Crippen LogP contribution in [-0.2, 0) is 19.3 Å². The van der Waals surface area contributed by atoms with Crippen molar-refractivity contribution in [3.8, 4) is 0 Å². The van der Waals surface area contributed by atoms with Crippen molar-refractivity contribution in [1.82, 2.24) is 5.16 Å². The molecule has 2 rings (SSSR count). The summed E-state index contributed by atoms with van der Waals surface area (Å²) in [5, 5.41) is 4.11. The van der Waals surface area contributed by atoms with Crippen LogP contribution in [0.2, 0.25) is 0 Å². The van der Waals surface area contributed by atoms with Crippen LogP contribution in [0.4, 0.5) is 0 Å². The van der Waals surface area contributed by atoms with E-state index < -0.39 is 0 Å². The van der Waals surface area contributed by atoms with Crippen molar-refractivity contribution in [2.75, 3.05) is 6.54 Å². The van der Waals surface area contributed by atoms with Crippen LogP contribution in [0.15, 0.2) is 4.52 Å². The Kier molecular flexibility index (Phi) is 2.35. The van der Waals surface area contributed by atoms with Gasteiger partial charge in [0.1, 0.15) is 5.76 Å². The van der Waals surface area contributed by atoms with Crippen LogP contribution in [0.3, 0.4) is 0 Å². The lowest BCUT2D eigenvalue weighted by atomic mass is 9.76. The van der Waals surface area contributed by atoms with Gasteiger partial charge in [-0.25, -0.2) is 0 Å². The maximum absolute atomic E-state index is 5.53. The van der Waals surface area contributed by atoms with Crippen LogP contribution < -0.4 is 5.73 Å². The van der Waals surface area contributed by atoms with Crippen LogP contribution in [-0.4, -0.2) is 11.7 Å². The van der Waals surface area contributed by atoms with E-state index in [0.717, 1.165) is 30.7 Å². The second-order valence-corrected chi connectivity index (χ2v) is 4.91. The number of aromatic nitrogens is 1. The molecule has 0 aliphatic heterocycles. The minimum absolute atomic E-state index is 0.391. The molecule has 0 atom stereocenters. The van der Waals surface area contributed by atoms with E-state index in [-0.39, 0.29) is 0 Å². The fraction of sp³-hybridized carbons (Fsp3) is 0.727. The summed E-state index contributed by atoms with van der Waals surface area (Å²) in [6.45, 7) is 5.24. The van der Waals surface area contributed by atoms with E-state index in [2.05, 4.69) is 19.0 Å². The molecule has 0 unspecified atom stereocenters. The Hall–Kier alpha value is -0.830. The van der Waals surface area contributed by atoms with Crippen molar-refractivity contribution in [3.05, 3.63) is 17.0 Å². The zero-order chi connectivity index (χ0) is 10.2. The summed E-state index contributed by atoms with van der Waals surface area (Å²) in [5.74, 6) is 1.01. The van der Waals surface area contributed by atoms with E-state index in [1.54, 1.807) is 0 Å². The number of hydrogen-bond acceptors (Lipinski definition) is 3. The highest BCUT2D eigenvalue weighted by Crippen LogP contribution is 2.35. The first-order valence-corrected chi connectivity index (χ1v) is 5.29. The molecule has 0 aromatic carbocycles. The molecular formula is C11H18N2O. The third-order valence-electron chi connectivity index (χ3n) is 3.02. The van der Waals surface area contributed by atoms with Gasteiger partial charge in [-0.15, -0.1) is 0 Å². The van der Waals surface area contributed by atoms with Crippen LogP contribution in [0.5, 0.6) is 0 Å². The number of nitrogens with two attached hydrogens (primary N) is 1. The predicted octanol–water partition coefficient (Wildman–Crippen LogP) is 1.69. The van der Waals surface area contributed by atoms with Gasteiger partial charge in [0.25, 0.3) is 0 Å². The number of hydrogen-bond donors (Lipinski definition) is 1. The van der Waals surface area contributed by atoms with Crippen molar-refractivity contribution in [1.29, 1.82) is 0 Å². The van der Waals surface area contributed by atoms with Gasteiger partial charge in [0.05, 0.1) is 5.69 Å². The van der Waals surface area contributed by atoms with Gasteiger partial charge in [-0.05, 0) is 31.2 Å². The van der Waals surface area contributed by atoms with Crippen molar-refractivity contribution >= 4 is 0 Å². The minimum Gasteiger partial charge on any atom is -0.361 e. The fourth-order valence-corrected chi connectivity index (χ4v) is 2.13. The van der Waals surface area contributed by atoms with Crippen LogP contribution in [0, 0.1) is 5.41 Å². The Morgan fingerprint density at radius 2 is 2.29 bits per heavy atom. The molecule has 3 heteroatoms. The van der Waals surface area contributed by atoms with E-state index in [4.69, 9.17) is 10.3 Å². The second-order valence-electron chi connectivity index (χ2n) is 4.91. The molecule has 2 N–H and O–H groups in total. The van der Waals surface area contributed by atoms with Gasteiger partial charge >= 0.3 is 0 Å². The van der Waals surface area contributed by atoms with Gasteiger partial charge in [0.2, 0.25) is 0 Å². The zero-order valence-corrected chi connectivity index (χ0v) is 8.97. The lowest BCUT2D eigenvalue weighted by Crippen LogP contribution is -2.22. The van der Waals surface area contributed by atoms with E-state index in [1.807, 2.05) is 0 Å². The Labute approximate surface area is 84.7 Å². The average molecular weight is 194 g/mol. The molecule has 14 heavy (non-hydrogen) atoms. The minimum atomic E-state index is 0.391. The van der Waals surface area contributed by atoms with E-state index in [1.165, 1.54) is 12.0 Å². The Morgan fingerprint density at radius 1 is 1.50 bits per heavy atom. The molecule has 78 valence electrons. The molecule has 0 bridgehead atoms. The van der Waals surface area contributed by atoms with Crippen LogP contribution in [0.25, 0.3) is 0 Å². The monoisotopic (exact) mass is 194 g/mol. The van der Waals surface area contributed by atoms with Gasteiger partial charge in [-0.1, -0.05) is 19.0 Å². The molecule has 0 radical (unpaired) electrons. The molecule has 1 aromatic rings. The third kappa shape index (κ3) is 1.69. The zero-order valence-electron chi connectivity index (χ0n) is 8.97. The second kappa shape index (κ2) is 3.39. The molecule has 3 nitrogen and oxygen atoms in total. The van der Waals surface area contributed by atoms with Gasteiger partial charge in [-0.2, -0.15) is 0 Å². The highest BCUT2D eigenvalue weighted by atomic mass is 16.5. The summed E-state index contributed by atoms with van der Waals surface area (Å²) < 4.78 is 5.32. The third-order valence-corrected chi connectivity index (χ3v) is 3.02. The summed E-state index contributed by atoms with van der Waals surface area (Å²) in [7, 11) is 0. The summed E-state index contributed by atoms with van der Waals surface area (Å²) >= 11 is 0. The first-order chi connectivity index (χ1) is 6.62. The first-order valence-electron chi connectivity index (χ1n) is 5.29. The maximum atomic E-state index is 5.53. The largest absolute Gasteiger partial charge is 0.361 e. The Bertz CT molecular complexity index is 328. The molecule has 0 saturated heterocycles. The lowest BCUT2D eigenvalue weighted by molar-refractivity contribution is 0.313. The van der Waals surface area contributed by atoms with Gasteiger partial charge < -0.3 is 10.3 Å². The predicted molar refractivity (Wildman–Crippen MR) is 55.1 cm³/mol. The molecule has 0 saturated carbocycles. The van der Waals surface area contributed by atoms with E-state index >= 15 is 0 Å². The molecular weight excluding hydrogens is 176 g/mol. The molecule has 1 aromatic heterocycles. The quantitative estimate of drug-likeness (QED) is 0.779. The summed E-state index contributed by atoms with van der Waals surface area (Å²) in [4.78, 5) is 0. The van der Waals surface area contributed by atoms with Crippen molar-refractivity contribution in [3.63, 3.8) is 0 Å². The van der Waals surface area contributed by atoms with Crippen molar-refractivity contribution in [2.45, 2.75) is 39.5 Å². The normalized spacial score (nSPS) is 19.4. The summed E-state index contributed by atoms with van der Waals surface area (Å²) in [6, 6.07) is 0. The molecule has 0 amide bonds. The Balaban J connectivity index is 2.28. The molecule has 1 aliphatic rings. The summed E-state index contributed by atoms with van der Waals surface area (Å²) in [6.07, 6.45) is 4.16. The fourth-order valence-electron chi connectivity index (χ4n) is 2.13. The molecule has 1 aliphatic carbocycles. The topological polar surface area (TPSA) is 52.0 Å². The number of nitrogens with zero attached hydrogens (tertiary/aromatic N) is 1. The maximum Gasteiger partial charge on any atom is 0.141 e. The van der Waals surface area contributed by atoms with Crippen molar-refractivity contribution in [2.24, 2.45) is 11.1 Å². The number of fused-ring (bicyclic) bond motifs is 1. The summed E-state index contributed by atoms with van der Waals surface area (Å²) in [5.41, 5.74) is 8.41. The lowest BCUT2D eigenvalue weighted by Gasteiger charge is -2.28. The SMILES string of the molecule is CC1(C)CCc2noc(CCN)c2C1. The van der Waals surface area contributed by atoms with Gasteiger partial charge in [-0.3, -0.25) is 0 Å². The standard InChI is InChI=1S/C11H18N2O/c1-11(2)5-3-9-8(7-11)10(4-6-12)14-13-9/h3-7,12H2,1-2H3. The van der Waals surface area contributed by atoms with Gasteiger partial charge in [0, 0.05) is 12.0 Å². The average Bonchev–Trinajstić information content (AvgIpc) is 2.47. The Morgan fingerprint density at radius 3 is 3.00 bits per heavy atom.